The third-order valence-corrected chi connectivity index (χ3v) is 5.10. The van der Waals surface area contributed by atoms with Crippen LogP contribution in [-0.2, 0) is 11.3 Å². The minimum Gasteiger partial charge on any atom is -0.374 e. The molecule has 0 bridgehead atoms. The minimum absolute atomic E-state index is 0.0276. The SMILES string of the molecule is Cc1nn(Cc2ccccc2)c(Cl)c1C(=O)NCCCOC(C)c1ccccc1. The molecular formula is C23H26ClN3O2. The Bertz CT molecular complexity index is 926. The van der Waals surface area contributed by atoms with Crippen LogP contribution >= 0.6 is 11.6 Å². The molecule has 1 atom stereocenters. The number of nitrogens with zero attached hydrogens (tertiary/aromatic N) is 2. The molecule has 3 aromatic rings. The van der Waals surface area contributed by atoms with Gasteiger partial charge in [-0.1, -0.05) is 72.3 Å². The van der Waals surface area contributed by atoms with Gasteiger partial charge >= 0.3 is 0 Å². The van der Waals surface area contributed by atoms with Gasteiger partial charge in [-0.25, -0.2) is 4.68 Å². The van der Waals surface area contributed by atoms with Crippen LogP contribution in [-0.4, -0.2) is 28.8 Å². The van der Waals surface area contributed by atoms with E-state index in [4.69, 9.17) is 16.3 Å². The number of ether oxygens (including phenoxy) is 1. The molecule has 0 saturated heterocycles. The number of hydrogen-bond acceptors (Lipinski definition) is 3. The Morgan fingerprint density at radius 3 is 2.48 bits per heavy atom. The molecule has 5 nitrogen and oxygen atoms in total. The fraction of sp³-hybridized carbons (Fsp3) is 0.304. The highest BCUT2D eigenvalue weighted by Gasteiger charge is 2.20. The van der Waals surface area contributed by atoms with Gasteiger partial charge in [-0.15, -0.1) is 0 Å². The number of nitrogens with one attached hydrogen (secondary N) is 1. The molecule has 0 aliphatic rings. The molecule has 1 N–H and O–H groups in total. The number of benzene rings is 2. The number of rotatable bonds is 9. The van der Waals surface area contributed by atoms with E-state index in [-0.39, 0.29) is 12.0 Å². The average molecular weight is 412 g/mol. The van der Waals surface area contributed by atoms with Gasteiger partial charge in [0.05, 0.1) is 23.9 Å². The summed E-state index contributed by atoms with van der Waals surface area (Å²) in [6.45, 7) is 5.43. The first-order chi connectivity index (χ1) is 14.1. The molecule has 1 amide bonds. The smallest absolute Gasteiger partial charge is 0.256 e. The first-order valence-electron chi connectivity index (χ1n) is 9.78. The second-order valence-electron chi connectivity index (χ2n) is 6.93. The minimum atomic E-state index is -0.206. The highest BCUT2D eigenvalue weighted by Crippen LogP contribution is 2.21. The monoisotopic (exact) mass is 411 g/mol. The molecule has 1 aromatic heterocycles. The van der Waals surface area contributed by atoms with E-state index < -0.39 is 0 Å². The topological polar surface area (TPSA) is 56.2 Å². The van der Waals surface area contributed by atoms with Crippen molar-refractivity contribution in [1.82, 2.24) is 15.1 Å². The zero-order valence-corrected chi connectivity index (χ0v) is 17.5. The largest absolute Gasteiger partial charge is 0.374 e. The molecule has 3 rings (SSSR count). The van der Waals surface area contributed by atoms with Crippen LogP contribution < -0.4 is 5.32 Å². The molecule has 1 unspecified atom stereocenters. The van der Waals surface area contributed by atoms with Gasteiger partial charge in [0.15, 0.2) is 0 Å². The van der Waals surface area contributed by atoms with Crippen molar-refractivity contribution in [1.29, 1.82) is 0 Å². The van der Waals surface area contributed by atoms with E-state index in [2.05, 4.69) is 10.4 Å². The third-order valence-electron chi connectivity index (χ3n) is 4.71. The lowest BCUT2D eigenvalue weighted by atomic mass is 10.1. The molecular weight excluding hydrogens is 386 g/mol. The Hall–Kier alpha value is -2.63. The Morgan fingerprint density at radius 1 is 1.14 bits per heavy atom. The van der Waals surface area contributed by atoms with Crippen molar-refractivity contribution < 1.29 is 9.53 Å². The van der Waals surface area contributed by atoms with Crippen molar-refractivity contribution in [2.24, 2.45) is 0 Å². The Kier molecular flexibility index (Phi) is 7.44. The molecule has 0 radical (unpaired) electrons. The summed E-state index contributed by atoms with van der Waals surface area (Å²) in [5, 5.41) is 7.70. The number of carbonyl (C=O) groups excluding carboxylic acids is 1. The van der Waals surface area contributed by atoms with Crippen LogP contribution in [0.2, 0.25) is 5.15 Å². The molecule has 0 aliphatic carbocycles. The zero-order chi connectivity index (χ0) is 20.6. The summed E-state index contributed by atoms with van der Waals surface area (Å²) in [5.74, 6) is -0.206. The Morgan fingerprint density at radius 2 is 1.79 bits per heavy atom. The fourth-order valence-corrected chi connectivity index (χ4v) is 3.44. The molecule has 152 valence electrons. The first kappa shape index (κ1) is 21.1. The van der Waals surface area contributed by atoms with Gasteiger partial charge in [0.1, 0.15) is 5.15 Å². The van der Waals surface area contributed by atoms with E-state index in [0.29, 0.717) is 36.1 Å². The quantitative estimate of drug-likeness (QED) is 0.515. The number of amides is 1. The van der Waals surface area contributed by atoms with Crippen molar-refractivity contribution in [3.8, 4) is 0 Å². The van der Waals surface area contributed by atoms with Crippen LogP contribution in [0.15, 0.2) is 60.7 Å². The molecule has 2 aromatic carbocycles. The van der Waals surface area contributed by atoms with Gasteiger partial charge in [0.2, 0.25) is 0 Å². The summed E-state index contributed by atoms with van der Waals surface area (Å²) >= 11 is 6.44. The number of aryl methyl sites for hydroxylation is 1. The molecule has 0 aliphatic heterocycles. The molecule has 6 heteroatoms. The molecule has 29 heavy (non-hydrogen) atoms. The maximum absolute atomic E-state index is 12.6. The van der Waals surface area contributed by atoms with Gasteiger partial charge < -0.3 is 10.1 Å². The summed E-state index contributed by atoms with van der Waals surface area (Å²) in [6.07, 6.45) is 0.748. The number of hydrogen-bond donors (Lipinski definition) is 1. The van der Waals surface area contributed by atoms with Gasteiger partial charge in [0, 0.05) is 13.2 Å². The lowest BCUT2D eigenvalue weighted by molar-refractivity contribution is 0.0635. The van der Waals surface area contributed by atoms with Gasteiger partial charge in [0.25, 0.3) is 5.91 Å². The lowest BCUT2D eigenvalue weighted by Crippen LogP contribution is -2.26. The summed E-state index contributed by atoms with van der Waals surface area (Å²) in [5.41, 5.74) is 3.27. The van der Waals surface area contributed by atoms with Crippen molar-refractivity contribution in [3.05, 3.63) is 88.2 Å². The molecule has 1 heterocycles. The standard InChI is InChI=1S/C23H26ClN3O2/c1-17-21(22(24)27(26-17)16-19-10-5-3-6-11-19)23(28)25-14-9-15-29-18(2)20-12-7-4-8-13-20/h3-8,10-13,18H,9,14-16H2,1-2H3,(H,25,28). The highest BCUT2D eigenvalue weighted by atomic mass is 35.5. The maximum atomic E-state index is 12.6. The van der Waals surface area contributed by atoms with Crippen molar-refractivity contribution in [2.45, 2.75) is 32.9 Å². The van der Waals surface area contributed by atoms with Crippen LogP contribution in [0.5, 0.6) is 0 Å². The molecule has 0 saturated carbocycles. The van der Waals surface area contributed by atoms with E-state index >= 15 is 0 Å². The van der Waals surface area contributed by atoms with Gasteiger partial charge in [-0.05, 0) is 31.4 Å². The van der Waals surface area contributed by atoms with E-state index in [9.17, 15) is 4.79 Å². The van der Waals surface area contributed by atoms with Crippen LogP contribution in [0, 0.1) is 6.92 Å². The predicted molar refractivity (Wildman–Crippen MR) is 115 cm³/mol. The van der Waals surface area contributed by atoms with Crippen LogP contribution in [0.25, 0.3) is 0 Å². The number of carbonyl (C=O) groups is 1. The Labute approximate surface area is 176 Å². The third kappa shape index (κ3) is 5.68. The van der Waals surface area contributed by atoms with Crippen molar-refractivity contribution in [3.63, 3.8) is 0 Å². The molecule has 0 fully saturated rings. The van der Waals surface area contributed by atoms with Crippen molar-refractivity contribution >= 4 is 17.5 Å². The summed E-state index contributed by atoms with van der Waals surface area (Å²) in [6, 6.07) is 20.0. The average Bonchev–Trinajstić information content (AvgIpc) is 3.01. The second-order valence-corrected chi connectivity index (χ2v) is 7.29. The van der Waals surface area contributed by atoms with E-state index in [1.807, 2.05) is 67.6 Å². The van der Waals surface area contributed by atoms with Crippen LogP contribution in [0.4, 0.5) is 0 Å². The lowest BCUT2D eigenvalue weighted by Gasteiger charge is -2.13. The highest BCUT2D eigenvalue weighted by molar-refractivity contribution is 6.33. The summed E-state index contributed by atoms with van der Waals surface area (Å²) < 4.78 is 7.50. The van der Waals surface area contributed by atoms with Gasteiger partial charge in [-0.2, -0.15) is 5.10 Å². The van der Waals surface area contributed by atoms with E-state index in [0.717, 1.165) is 17.5 Å². The fourth-order valence-electron chi connectivity index (χ4n) is 3.12. The normalized spacial score (nSPS) is 12.0. The summed E-state index contributed by atoms with van der Waals surface area (Å²) in [4.78, 5) is 12.6. The zero-order valence-electron chi connectivity index (χ0n) is 16.8. The number of halogens is 1. The van der Waals surface area contributed by atoms with Crippen LogP contribution in [0.1, 0.15) is 46.6 Å². The van der Waals surface area contributed by atoms with E-state index in [1.165, 1.54) is 0 Å². The van der Waals surface area contributed by atoms with Crippen LogP contribution in [0.3, 0.4) is 0 Å². The first-order valence-corrected chi connectivity index (χ1v) is 10.2. The Balaban J connectivity index is 1.48. The van der Waals surface area contributed by atoms with E-state index in [1.54, 1.807) is 11.6 Å². The number of aromatic nitrogens is 2. The van der Waals surface area contributed by atoms with Crippen molar-refractivity contribution in [2.75, 3.05) is 13.2 Å². The summed E-state index contributed by atoms with van der Waals surface area (Å²) in [7, 11) is 0. The van der Waals surface area contributed by atoms with Gasteiger partial charge in [-0.3, -0.25) is 4.79 Å². The maximum Gasteiger partial charge on any atom is 0.256 e. The second kappa shape index (κ2) is 10.2. The predicted octanol–water partition coefficient (Wildman–Crippen LogP) is 4.79. The molecule has 0 spiro atoms.